The SMILES string of the molecule is CCCOc1c(CCC)cc(C(C)(C)C)cc1-c1ccsc1/C=C/C(C)=C/C(=O)O. The van der Waals surface area contributed by atoms with Gasteiger partial charge >= 0.3 is 5.97 Å². The Kier molecular flexibility index (Phi) is 8.48. The topological polar surface area (TPSA) is 46.5 Å². The zero-order valence-electron chi connectivity index (χ0n) is 19.0. The number of thiophene rings is 1. The second-order valence-corrected chi connectivity index (χ2v) is 9.57. The molecule has 0 aliphatic rings. The van der Waals surface area contributed by atoms with Crippen molar-refractivity contribution < 1.29 is 14.6 Å². The van der Waals surface area contributed by atoms with Crippen molar-refractivity contribution in [3.8, 4) is 16.9 Å². The lowest BCUT2D eigenvalue weighted by Crippen LogP contribution is -2.13. The summed E-state index contributed by atoms with van der Waals surface area (Å²) < 4.78 is 6.29. The van der Waals surface area contributed by atoms with Crippen molar-refractivity contribution in [2.45, 2.75) is 66.2 Å². The van der Waals surface area contributed by atoms with Crippen LogP contribution in [0.2, 0.25) is 0 Å². The molecule has 3 nitrogen and oxygen atoms in total. The van der Waals surface area contributed by atoms with E-state index >= 15 is 0 Å². The first-order valence-electron chi connectivity index (χ1n) is 10.6. The molecule has 0 saturated heterocycles. The van der Waals surface area contributed by atoms with Gasteiger partial charge in [0.2, 0.25) is 0 Å². The van der Waals surface area contributed by atoms with E-state index in [9.17, 15) is 4.79 Å². The van der Waals surface area contributed by atoms with E-state index in [0.717, 1.165) is 41.0 Å². The lowest BCUT2D eigenvalue weighted by atomic mass is 9.83. The fourth-order valence-electron chi connectivity index (χ4n) is 3.27. The summed E-state index contributed by atoms with van der Waals surface area (Å²) in [6, 6.07) is 6.71. The molecule has 4 heteroatoms. The molecule has 1 aromatic carbocycles. The third kappa shape index (κ3) is 6.33. The number of allylic oxidation sites excluding steroid dienone is 2. The fourth-order valence-corrected chi connectivity index (χ4v) is 4.08. The maximum Gasteiger partial charge on any atom is 0.328 e. The average Bonchev–Trinajstić information content (AvgIpc) is 3.12. The van der Waals surface area contributed by atoms with E-state index < -0.39 is 5.97 Å². The van der Waals surface area contributed by atoms with Crippen LogP contribution in [0.4, 0.5) is 0 Å². The van der Waals surface area contributed by atoms with Gasteiger partial charge in [0, 0.05) is 22.1 Å². The van der Waals surface area contributed by atoms with Crippen molar-refractivity contribution >= 4 is 23.4 Å². The van der Waals surface area contributed by atoms with Crippen molar-refractivity contribution in [2.75, 3.05) is 6.61 Å². The maximum atomic E-state index is 10.9. The fraction of sp³-hybridized carbons (Fsp3) is 0.423. The third-order valence-electron chi connectivity index (χ3n) is 4.84. The summed E-state index contributed by atoms with van der Waals surface area (Å²) >= 11 is 1.65. The molecule has 0 atom stereocenters. The van der Waals surface area contributed by atoms with Crippen molar-refractivity contribution in [1.82, 2.24) is 0 Å². The van der Waals surface area contributed by atoms with Gasteiger partial charge in [-0.1, -0.05) is 53.2 Å². The molecule has 30 heavy (non-hydrogen) atoms. The van der Waals surface area contributed by atoms with E-state index in [1.165, 1.54) is 17.2 Å². The van der Waals surface area contributed by atoms with E-state index in [4.69, 9.17) is 9.84 Å². The predicted octanol–water partition coefficient (Wildman–Crippen LogP) is 7.50. The van der Waals surface area contributed by atoms with Crippen LogP contribution >= 0.6 is 11.3 Å². The largest absolute Gasteiger partial charge is 0.493 e. The van der Waals surface area contributed by atoms with Gasteiger partial charge in [-0.25, -0.2) is 4.79 Å². The number of hydrogen-bond donors (Lipinski definition) is 1. The predicted molar refractivity (Wildman–Crippen MR) is 129 cm³/mol. The number of rotatable bonds is 9. The smallest absolute Gasteiger partial charge is 0.328 e. The highest BCUT2D eigenvalue weighted by molar-refractivity contribution is 7.11. The lowest BCUT2D eigenvalue weighted by molar-refractivity contribution is -0.131. The number of aliphatic carboxylic acids is 1. The van der Waals surface area contributed by atoms with Crippen LogP contribution in [0.3, 0.4) is 0 Å². The molecular weight excluding hydrogens is 392 g/mol. The van der Waals surface area contributed by atoms with E-state index in [2.05, 4.69) is 58.2 Å². The minimum Gasteiger partial charge on any atom is -0.493 e. The molecule has 0 unspecified atom stereocenters. The van der Waals surface area contributed by atoms with Crippen molar-refractivity contribution in [3.63, 3.8) is 0 Å². The molecule has 0 bridgehead atoms. The number of carboxylic acid groups (broad SMARTS) is 1. The molecule has 0 spiro atoms. The molecule has 2 aromatic rings. The molecule has 0 amide bonds. The van der Waals surface area contributed by atoms with Gasteiger partial charge in [-0.3, -0.25) is 0 Å². The highest BCUT2D eigenvalue weighted by Gasteiger charge is 2.21. The van der Waals surface area contributed by atoms with E-state index in [1.807, 2.05) is 12.2 Å². The van der Waals surface area contributed by atoms with Crippen LogP contribution in [-0.2, 0) is 16.6 Å². The van der Waals surface area contributed by atoms with E-state index in [1.54, 1.807) is 18.3 Å². The molecule has 162 valence electrons. The van der Waals surface area contributed by atoms with Crippen LogP contribution in [-0.4, -0.2) is 17.7 Å². The Labute approximate surface area is 185 Å². The van der Waals surface area contributed by atoms with E-state index in [0.29, 0.717) is 12.2 Å². The molecule has 1 aromatic heterocycles. The molecule has 0 aliphatic carbocycles. The van der Waals surface area contributed by atoms with Gasteiger partial charge in [0.25, 0.3) is 0 Å². The van der Waals surface area contributed by atoms with Gasteiger partial charge in [-0.05, 0) is 65.5 Å². The van der Waals surface area contributed by atoms with Crippen LogP contribution in [0.25, 0.3) is 17.2 Å². The van der Waals surface area contributed by atoms with Gasteiger partial charge in [0.1, 0.15) is 5.75 Å². The number of ether oxygens (including phenoxy) is 1. The molecule has 0 aliphatic heterocycles. The quantitative estimate of drug-likeness (QED) is 0.333. The van der Waals surface area contributed by atoms with Crippen LogP contribution in [0.5, 0.6) is 5.75 Å². The summed E-state index contributed by atoms with van der Waals surface area (Å²) in [5.74, 6) is 0.0541. The monoisotopic (exact) mass is 426 g/mol. The molecule has 0 radical (unpaired) electrons. The van der Waals surface area contributed by atoms with Crippen LogP contribution < -0.4 is 4.74 Å². The summed E-state index contributed by atoms with van der Waals surface area (Å²) in [5.41, 5.74) is 5.56. The molecule has 0 saturated carbocycles. The summed E-state index contributed by atoms with van der Waals surface area (Å²) in [7, 11) is 0. The molecule has 1 N–H and O–H groups in total. The van der Waals surface area contributed by atoms with Crippen LogP contribution in [0.1, 0.15) is 70.4 Å². The van der Waals surface area contributed by atoms with E-state index in [-0.39, 0.29) is 5.41 Å². The van der Waals surface area contributed by atoms with Crippen LogP contribution in [0, 0.1) is 0 Å². The van der Waals surface area contributed by atoms with Crippen LogP contribution in [0.15, 0.2) is 41.3 Å². The minimum atomic E-state index is -0.930. The number of aryl methyl sites for hydroxylation is 1. The zero-order chi connectivity index (χ0) is 22.3. The number of benzene rings is 1. The Bertz CT molecular complexity index is 926. The van der Waals surface area contributed by atoms with Crippen molar-refractivity contribution in [3.05, 3.63) is 57.3 Å². The second kappa shape index (κ2) is 10.6. The average molecular weight is 427 g/mol. The first kappa shape index (κ1) is 23.9. The lowest BCUT2D eigenvalue weighted by Gasteiger charge is -2.24. The summed E-state index contributed by atoms with van der Waals surface area (Å²) in [6.45, 7) is 13.5. The third-order valence-corrected chi connectivity index (χ3v) is 5.72. The normalized spacial score (nSPS) is 12.5. The summed E-state index contributed by atoms with van der Waals surface area (Å²) in [6.07, 6.45) is 8.08. The molecule has 0 fully saturated rings. The number of carboxylic acids is 1. The number of carbonyl (C=O) groups is 1. The number of hydrogen-bond acceptors (Lipinski definition) is 3. The summed E-state index contributed by atoms with van der Waals surface area (Å²) in [5, 5.41) is 11.0. The summed E-state index contributed by atoms with van der Waals surface area (Å²) in [4.78, 5) is 12.0. The Morgan fingerprint density at radius 2 is 1.90 bits per heavy atom. The Morgan fingerprint density at radius 1 is 1.17 bits per heavy atom. The molecule has 2 rings (SSSR count). The second-order valence-electron chi connectivity index (χ2n) is 8.62. The van der Waals surface area contributed by atoms with Gasteiger partial charge in [0.15, 0.2) is 0 Å². The first-order valence-corrected chi connectivity index (χ1v) is 11.5. The molecular formula is C26H34O3S. The zero-order valence-corrected chi connectivity index (χ0v) is 19.9. The van der Waals surface area contributed by atoms with Crippen molar-refractivity contribution in [1.29, 1.82) is 0 Å². The van der Waals surface area contributed by atoms with Gasteiger partial charge in [0.05, 0.1) is 6.61 Å². The Balaban J connectivity index is 2.65. The standard InChI is InChI=1S/C26H34O3S/c1-7-9-19-16-20(26(4,5)6)17-22(25(19)29-13-8-2)21-12-14-30-23(21)11-10-18(3)15-24(27)28/h10-12,14-17H,7-9,13H2,1-6H3,(H,27,28)/b11-10+,18-15+. The highest BCUT2D eigenvalue weighted by atomic mass is 32.1. The van der Waals surface area contributed by atoms with Crippen molar-refractivity contribution in [2.24, 2.45) is 0 Å². The van der Waals surface area contributed by atoms with Gasteiger partial charge < -0.3 is 9.84 Å². The maximum absolute atomic E-state index is 10.9. The van der Waals surface area contributed by atoms with Gasteiger partial charge in [-0.15, -0.1) is 11.3 Å². The Morgan fingerprint density at radius 3 is 2.50 bits per heavy atom. The first-order chi connectivity index (χ1) is 14.2. The van der Waals surface area contributed by atoms with Gasteiger partial charge in [-0.2, -0.15) is 0 Å². The highest BCUT2D eigenvalue weighted by Crippen LogP contribution is 2.42. The Hall–Kier alpha value is -2.33. The molecule has 1 heterocycles. The minimum absolute atomic E-state index is 0.0351.